The highest BCUT2D eigenvalue weighted by Gasteiger charge is 2.05. The summed E-state index contributed by atoms with van der Waals surface area (Å²) in [6.07, 6.45) is 1.32. The standard InChI is InChI=1S/C7H12O2S/c1-3-5-9-7(10)6(8)4-2/h3-5H2,1-2H3. The van der Waals surface area contributed by atoms with E-state index in [0.717, 1.165) is 6.42 Å². The maximum atomic E-state index is 10.8. The molecule has 0 radical (unpaired) electrons. The predicted molar refractivity (Wildman–Crippen MR) is 44.1 cm³/mol. The largest absolute Gasteiger partial charge is 0.481 e. The fourth-order valence-corrected chi connectivity index (χ4v) is 0.647. The van der Waals surface area contributed by atoms with Crippen LogP contribution >= 0.6 is 12.2 Å². The van der Waals surface area contributed by atoms with Gasteiger partial charge in [0.25, 0.3) is 0 Å². The van der Waals surface area contributed by atoms with Gasteiger partial charge in [0.1, 0.15) is 0 Å². The monoisotopic (exact) mass is 160 g/mol. The zero-order chi connectivity index (χ0) is 7.98. The first kappa shape index (κ1) is 9.56. The Morgan fingerprint density at radius 1 is 1.50 bits per heavy atom. The van der Waals surface area contributed by atoms with Crippen LogP contribution in [0.1, 0.15) is 26.7 Å². The normalized spacial score (nSPS) is 9.00. The average molecular weight is 160 g/mol. The van der Waals surface area contributed by atoms with Crippen molar-refractivity contribution in [2.75, 3.05) is 6.61 Å². The van der Waals surface area contributed by atoms with E-state index in [9.17, 15) is 4.79 Å². The lowest BCUT2D eigenvalue weighted by Gasteiger charge is -2.01. The lowest BCUT2D eigenvalue weighted by molar-refractivity contribution is -0.113. The van der Waals surface area contributed by atoms with Crippen molar-refractivity contribution >= 4 is 23.1 Å². The summed E-state index contributed by atoms with van der Waals surface area (Å²) < 4.78 is 4.93. The van der Waals surface area contributed by atoms with Crippen LogP contribution in [0, 0.1) is 0 Å². The van der Waals surface area contributed by atoms with Crippen molar-refractivity contribution in [2.24, 2.45) is 0 Å². The summed E-state index contributed by atoms with van der Waals surface area (Å²) >= 11 is 4.67. The molecule has 0 aliphatic carbocycles. The molecule has 0 aliphatic heterocycles. The van der Waals surface area contributed by atoms with Gasteiger partial charge in [0.05, 0.1) is 6.61 Å². The first-order chi connectivity index (χ1) is 4.72. The first-order valence-electron chi connectivity index (χ1n) is 3.42. The highest BCUT2D eigenvalue weighted by atomic mass is 32.1. The summed E-state index contributed by atoms with van der Waals surface area (Å²) in [7, 11) is 0. The molecule has 0 aromatic heterocycles. The fraction of sp³-hybridized carbons (Fsp3) is 0.714. The molecule has 0 unspecified atom stereocenters. The summed E-state index contributed by atoms with van der Waals surface area (Å²) in [5.74, 6) is -0.0801. The number of thiocarbonyl (C=S) groups is 1. The number of carbonyl (C=O) groups excluding carboxylic acids is 1. The van der Waals surface area contributed by atoms with E-state index in [-0.39, 0.29) is 10.8 Å². The van der Waals surface area contributed by atoms with Crippen LogP contribution in [-0.4, -0.2) is 17.4 Å². The molecule has 10 heavy (non-hydrogen) atoms. The molecule has 0 atom stereocenters. The van der Waals surface area contributed by atoms with E-state index in [1.54, 1.807) is 6.92 Å². The van der Waals surface area contributed by atoms with Crippen molar-refractivity contribution in [3.8, 4) is 0 Å². The number of carbonyl (C=O) groups is 1. The average Bonchev–Trinajstić information content (AvgIpc) is 1.98. The molecule has 0 bridgehead atoms. The Balaban J connectivity index is 3.52. The summed E-state index contributed by atoms with van der Waals surface area (Å²) in [5, 5.41) is 0.129. The SMILES string of the molecule is CCCOC(=S)C(=O)CC. The topological polar surface area (TPSA) is 26.3 Å². The molecule has 0 saturated heterocycles. The Hall–Kier alpha value is -0.440. The number of hydrogen-bond donors (Lipinski definition) is 0. The van der Waals surface area contributed by atoms with Crippen LogP contribution in [-0.2, 0) is 9.53 Å². The van der Waals surface area contributed by atoms with Crippen molar-refractivity contribution in [3.05, 3.63) is 0 Å². The second kappa shape index (κ2) is 5.35. The quantitative estimate of drug-likeness (QED) is 0.586. The van der Waals surface area contributed by atoms with E-state index < -0.39 is 0 Å². The van der Waals surface area contributed by atoms with Crippen LogP contribution in [0.2, 0.25) is 0 Å². The van der Waals surface area contributed by atoms with Crippen LogP contribution in [0.25, 0.3) is 0 Å². The molecule has 0 amide bonds. The molecule has 58 valence electrons. The van der Waals surface area contributed by atoms with Crippen molar-refractivity contribution in [1.82, 2.24) is 0 Å². The number of ether oxygens (including phenoxy) is 1. The molecular weight excluding hydrogens is 148 g/mol. The van der Waals surface area contributed by atoms with Gasteiger partial charge < -0.3 is 4.74 Å². The third-order valence-corrected chi connectivity index (χ3v) is 1.33. The van der Waals surface area contributed by atoms with E-state index in [1.807, 2.05) is 6.92 Å². The van der Waals surface area contributed by atoms with E-state index >= 15 is 0 Å². The lowest BCUT2D eigenvalue weighted by Crippen LogP contribution is -2.14. The Morgan fingerprint density at radius 3 is 2.50 bits per heavy atom. The Bertz CT molecular complexity index is 132. The minimum atomic E-state index is -0.0801. The molecule has 0 N–H and O–H groups in total. The minimum absolute atomic E-state index is 0.0801. The van der Waals surface area contributed by atoms with Crippen molar-refractivity contribution in [3.63, 3.8) is 0 Å². The van der Waals surface area contributed by atoms with Gasteiger partial charge in [0.15, 0.2) is 0 Å². The minimum Gasteiger partial charge on any atom is -0.481 e. The molecule has 0 fully saturated rings. The van der Waals surface area contributed by atoms with Gasteiger partial charge in [0.2, 0.25) is 10.8 Å². The Kier molecular flexibility index (Phi) is 5.12. The van der Waals surface area contributed by atoms with Crippen LogP contribution in [0.5, 0.6) is 0 Å². The van der Waals surface area contributed by atoms with Crippen molar-refractivity contribution in [2.45, 2.75) is 26.7 Å². The smallest absolute Gasteiger partial charge is 0.228 e. The molecular formula is C7H12O2S. The van der Waals surface area contributed by atoms with E-state index in [2.05, 4.69) is 12.2 Å². The Labute approximate surface area is 66.6 Å². The second-order valence-corrected chi connectivity index (χ2v) is 2.28. The number of rotatable bonds is 4. The van der Waals surface area contributed by atoms with Gasteiger partial charge >= 0.3 is 0 Å². The fourth-order valence-electron chi connectivity index (χ4n) is 0.420. The summed E-state index contributed by atoms with van der Waals surface area (Å²) in [6.45, 7) is 4.29. The molecule has 3 heteroatoms. The summed E-state index contributed by atoms with van der Waals surface area (Å²) in [6, 6.07) is 0. The highest BCUT2D eigenvalue weighted by molar-refractivity contribution is 7.81. The predicted octanol–water partition coefficient (Wildman–Crippen LogP) is 1.72. The second-order valence-electron chi connectivity index (χ2n) is 1.91. The van der Waals surface area contributed by atoms with Gasteiger partial charge in [-0.1, -0.05) is 13.8 Å². The van der Waals surface area contributed by atoms with E-state index in [1.165, 1.54) is 0 Å². The van der Waals surface area contributed by atoms with Crippen molar-refractivity contribution in [1.29, 1.82) is 0 Å². The van der Waals surface area contributed by atoms with Gasteiger partial charge in [-0.3, -0.25) is 4.79 Å². The van der Waals surface area contributed by atoms with Crippen LogP contribution < -0.4 is 0 Å². The lowest BCUT2D eigenvalue weighted by atomic mass is 10.3. The maximum Gasteiger partial charge on any atom is 0.228 e. The van der Waals surface area contributed by atoms with Gasteiger partial charge in [-0.25, -0.2) is 0 Å². The summed E-state index contributed by atoms with van der Waals surface area (Å²) in [5.41, 5.74) is 0. The Morgan fingerprint density at radius 2 is 2.10 bits per heavy atom. The molecule has 2 nitrogen and oxygen atoms in total. The van der Waals surface area contributed by atoms with Gasteiger partial charge in [-0.15, -0.1) is 0 Å². The van der Waals surface area contributed by atoms with Crippen LogP contribution in [0.15, 0.2) is 0 Å². The van der Waals surface area contributed by atoms with Crippen LogP contribution in [0.4, 0.5) is 0 Å². The van der Waals surface area contributed by atoms with Crippen LogP contribution in [0.3, 0.4) is 0 Å². The number of Topliss-reactive ketones (excluding diaryl/α,β-unsaturated/α-hetero) is 1. The number of hydrogen-bond acceptors (Lipinski definition) is 3. The molecule has 0 saturated carbocycles. The van der Waals surface area contributed by atoms with Gasteiger partial charge in [-0.05, 0) is 18.6 Å². The molecule has 0 aromatic rings. The highest BCUT2D eigenvalue weighted by Crippen LogP contribution is 1.90. The van der Waals surface area contributed by atoms with Crippen molar-refractivity contribution < 1.29 is 9.53 Å². The zero-order valence-corrected chi connectivity index (χ0v) is 7.16. The third kappa shape index (κ3) is 3.56. The van der Waals surface area contributed by atoms with E-state index in [4.69, 9.17) is 4.74 Å². The van der Waals surface area contributed by atoms with Gasteiger partial charge in [-0.2, -0.15) is 0 Å². The summed E-state index contributed by atoms with van der Waals surface area (Å²) in [4.78, 5) is 10.8. The molecule has 0 heterocycles. The first-order valence-corrected chi connectivity index (χ1v) is 3.83. The third-order valence-electron chi connectivity index (χ3n) is 0.986. The zero-order valence-electron chi connectivity index (χ0n) is 6.35. The molecule has 0 spiro atoms. The molecule has 0 rings (SSSR count). The maximum absolute atomic E-state index is 10.8. The van der Waals surface area contributed by atoms with E-state index in [0.29, 0.717) is 13.0 Å². The molecule has 0 aromatic carbocycles. The number of ketones is 1. The van der Waals surface area contributed by atoms with Gasteiger partial charge in [0, 0.05) is 6.42 Å². The molecule has 0 aliphatic rings.